The Balaban J connectivity index is 1.76. The lowest BCUT2D eigenvalue weighted by atomic mass is 10.1. The zero-order chi connectivity index (χ0) is 19.9. The molecule has 0 aliphatic rings. The molecule has 0 amide bonds. The van der Waals surface area contributed by atoms with Crippen LogP contribution in [0.3, 0.4) is 0 Å². The van der Waals surface area contributed by atoms with E-state index in [4.69, 9.17) is 9.72 Å². The smallest absolute Gasteiger partial charge is 0.139 e. The predicted octanol–water partition coefficient (Wildman–Crippen LogP) is 5.21. The number of hydrogen-bond acceptors (Lipinski definition) is 6. The Kier molecular flexibility index (Phi) is 7.23. The number of benzene rings is 1. The minimum Gasteiger partial charge on any atom is -0.497 e. The van der Waals surface area contributed by atoms with Crippen molar-refractivity contribution in [1.29, 1.82) is 0 Å². The van der Waals surface area contributed by atoms with Crippen molar-refractivity contribution in [2.24, 2.45) is 0 Å². The van der Waals surface area contributed by atoms with Gasteiger partial charge in [-0.25, -0.2) is 9.97 Å². The van der Waals surface area contributed by atoms with E-state index in [0.29, 0.717) is 0 Å². The second kappa shape index (κ2) is 9.85. The third-order valence-corrected chi connectivity index (χ3v) is 5.91. The van der Waals surface area contributed by atoms with Gasteiger partial charge in [0.15, 0.2) is 0 Å². The molecule has 3 aromatic rings. The van der Waals surface area contributed by atoms with E-state index in [0.717, 1.165) is 65.8 Å². The highest BCUT2D eigenvalue weighted by Crippen LogP contribution is 2.37. The van der Waals surface area contributed by atoms with Crippen LogP contribution < -0.4 is 10.1 Å². The fourth-order valence-corrected chi connectivity index (χ4v) is 4.36. The van der Waals surface area contributed by atoms with Crippen LogP contribution in [0.5, 0.6) is 5.75 Å². The standard InChI is InChI=1S/C22H30N4OS/c1-5-26(6-2)14-8-7-13-23-21-20-19(15-28-22(20)25-16(3)24-21)17-9-11-18(27-4)12-10-17/h9-12,15H,5-8,13-14H2,1-4H3,(H,23,24,25). The van der Waals surface area contributed by atoms with Gasteiger partial charge in [0.2, 0.25) is 0 Å². The topological polar surface area (TPSA) is 50.3 Å². The van der Waals surface area contributed by atoms with Crippen LogP contribution in [0.1, 0.15) is 32.5 Å². The molecule has 0 unspecified atom stereocenters. The number of rotatable bonds is 10. The SMILES string of the molecule is CCN(CC)CCCCNc1nc(C)nc2scc(-c3ccc(OC)cc3)c12. The third-order valence-electron chi connectivity index (χ3n) is 5.03. The molecule has 2 aromatic heterocycles. The van der Waals surface area contributed by atoms with Crippen molar-refractivity contribution in [1.82, 2.24) is 14.9 Å². The van der Waals surface area contributed by atoms with Crippen molar-refractivity contribution in [3.63, 3.8) is 0 Å². The molecular formula is C22H30N4OS. The Hall–Kier alpha value is -2.18. The van der Waals surface area contributed by atoms with Gasteiger partial charge in [0.25, 0.3) is 0 Å². The van der Waals surface area contributed by atoms with Gasteiger partial charge in [0, 0.05) is 17.5 Å². The van der Waals surface area contributed by atoms with Crippen molar-refractivity contribution in [2.75, 3.05) is 38.6 Å². The highest BCUT2D eigenvalue weighted by molar-refractivity contribution is 7.17. The van der Waals surface area contributed by atoms with Gasteiger partial charge in [-0.15, -0.1) is 11.3 Å². The molecule has 0 radical (unpaired) electrons. The number of aromatic nitrogens is 2. The maximum Gasteiger partial charge on any atom is 0.139 e. The van der Waals surface area contributed by atoms with Crippen LogP contribution in [0.25, 0.3) is 21.3 Å². The van der Waals surface area contributed by atoms with E-state index in [1.54, 1.807) is 18.4 Å². The monoisotopic (exact) mass is 398 g/mol. The summed E-state index contributed by atoms with van der Waals surface area (Å²) in [5.74, 6) is 2.61. The first kappa shape index (κ1) is 20.6. The van der Waals surface area contributed by atoms with E-state index >= 15 is 0 Å². The van der Waals surface area contributed by atoms with E-state index in [1.807, 2.05) is 19.1 Å². The van der Waals surface area contributed by atoms with Gasteiger partial charge in [0.1, 0.15) is 22.2 Å². The van der Waals surface area contributed by atoms with Crippen molar-refractivity contribution in [3.05, 3.63) is 35.5 Å². The molecule has 2 heterocycles. The minimum atomic E-state index is 0.807. The highest BCUT2D eigenvalue weighted by Gasteiger charge is 2.14. The quantitative estimate of drug-likeness (QED) is 0.475. The van der Waals surface area contributed by atoms with Gasteiger partial charge in [-0.2, -0.15) is 0 Å². The van der Waals surface area contributed by atoms with Crippen LogP contribution in [0.2, 0.25) is 0 Å². The number of fused-ring (bicyclic) bond motifs is 1. The predicted molar refractivity (Wildman–Crippen MR) is 120 cm³/mol. The summed E-state index contributed by atoms with van der Waals surface area (Å²) in [5, 5.41) is 6.86. The van der Waals surface area contributed by atoms with Gasteiger partial charge in [-0.05, 0) is 57.1 Å². The molecule has 0 aliphatic carbocycles. The maximum atomic E-state index is 5.28. The number of nitrogens with zero attached hydrogens (tertiary/aromatic N) is 3. The first-order valence-corrected chi connectivity index (χ1v) is 10.9. The number of hydrogen-bond donors (Lipinski definition) is 1. The number of methoxy groups -OCH3 is 1. The Morgan fingerprint density at radius 1 is 1.07 bits per heavy atom. The molecule has 0 fully saturated rings. The van der Waals surface area contributed by atoms with Crippen molar-refractivity contribution >= 4 is 27.4 Å². The number of aryl methyl sites for hydroxylation is 1. The van der Waals surface area contributed by atoms with E-state index in [1.165, 1.54) is 12.0 Å². The lowest BCUT2D eigenvalue weighted by Gasteiger charge is -2.17. The number of unbranched alkanes of at least 4 members (excludes halogenated alkanes) is 1. The molecule has 28 heavy (non-hydrogen) atoms. The zero-order valence-corrected chi connectivity index (χ0v) is 18.1. The molecular weight excluding hydrogens is 368 g/mol. The Labute approximate surface area is 171 Å². The normalized spacial score (nSPS) is 11.3. The van der Waals surface area contributed by atoms with Gasteiger partial charge in [0.05, 0.1) is 12.5 Å². The first-order valence-electron chi connectivity index (χ1n) is 10.0. The van der Waals surface area contributed by atoms with Crippen LogP contribution in [0.4, 0.5) is 5.82 Å². The Morgan fingerprint density at radius 3 is 2.50 bits per heavy atom. The average Bonchev–Trinajstić information content (AvgIpc) is 3.14. The second-order valence-electron chi connectivity index (χ2n) is 6.84. The van der Waals surface area contributed by atoms with Crippen LogP contribution in [-0.2, 0) is 0 Å². The van der Waals surface area contributed by atoms with E-state index in [2.05, 4.69) is 46.6 Å². The minimum absolute atomic E-state index is 0.807. The highest BCUT2D eigenvalue weighted by atomic mass is 32.1. The van der Waals surface area contributed by atoms with Gasteiger partial charge < -0.3 is 15.0 Å². The van der Waals surface area contributed by atoms with E-state index in [9.17, 15) is 0 Å². The van der Waals surface area contributed by atoms with Crippen LogP contribution in [0, 0.1) is 6.92 Å². The molecule has 6 heteroatoms. The van der Waals surface area contributed by atoms with Crippen LogP contribution in [-0.4, -0.2) is 48.2 Å². The second-order valence-corrected chi connectivity index (χ2v) is 7.70. The molecule has 0 aliphatic heterocycles. The summed E-state index contributed by atoms with van der Waals surface area (Å²) < 4.78 is 5.28. The summed E-state index contributed by atoms with van der Waals surface area (Å²) in [4.78, 5) is 12.8. The molecule has 0 bridgehead atoms. The summed E-state index contributed by atoms with van der Waals surface area (Å²) in [6, 6.07) is 8.17. The molecule has 0 spiro atoms. The van der Waals surface area contributed by atoms with Crippen molar-refractivity contribution in [2.45, 2.75) is 33.6 Å². The van der Waals surface area contributed by atoms with Crippen LogP contribution in [0.15, 0.2) is 29.6 Å². The van der Waals surface area contributed by atoms with E-state index < -0.39 is 0 Å². The van der Waals surface area contributed by atoms with Crippen LogP contribution >= 0.6 is 11.3 Å². The largest absolute Gasteiger partial charge is 0.497 e. The van der Waals surface area contributed by atoms with E-state index in [-0.39, 0.29) is 0 Å². The lowest BCUT2D eigenvalue weighted by Crippen LogP contribution is -2.24. The summed E-state index contributed by atoms with van der Waals surface area (Å²) in [5.41, 5.74) is 2.33. The molecule has 5 nitrogen and oxygen atoms in total. The molecule has 1 N–H and O–H groups in total. The average molecular weight is 399 g/mol. The van der Waals surface area contributed by atoms with Crippen molar-refractivity contribution in [3.8, 4) is 16.9 Å². The summed E-state index contributed by atoms with van der Waals surface area (Å²) in [6.07, 6.45) is 2.32. The fourth-order valence-electron chi connectivity index (χ4n) is 3.37. The molecule has 1 aromatic carbocycles. The van der Waals surface area contributed by atoms with Gasteiger partial charge in [-0.1, -0.05) is 26.0 Å². The zero-order valence-electron chi connectivity index (χ0n) is 17.3. The number of ether oxygens (including phenoxy) is 1. The summed E-state index contributed by atoms with van der Waals surface area (Å²) >= 11 is 1.67. The summed E-state index contributed by atoms with van der Waals surface area (Å²) in [7, 11) is 1.69. The van der Waals surface area contributed by atoms with Gasteiger partial charge in [-0.3, -0.25) is 0 Å². The van der Waals surface area contributed by atoms with Crippen molar-refractivity contribution < 1.29 is 4.74 Å². The lowest BCUT2D eigenvalue weighted by molar-refractivity contribution is 0.298. The fraction of sp³-hybridized carbons (Fsp3) is 0.455. The molecule has 150 valence electrons. The Morgan fingerprint density at radius 2 is 1.82 bits per heavy atom. The maximum absolute atomic E-state index is 5.28. The number of thiophene rings is 1. The molecule has 0 atom stereocenters. The Bertz CT molecular complexity index is 887. The third kappa shape index (κ3) is 4.80. The van der Waals surface area contributed by atoms with Gasteiger partial charge >= 0.3 is 0 Å². The number of nitrogens with one attached hydrogen (secondary N) is 1. The first-order chi connectivity index (χ1) is 13.7. The molecule has 3 rings (SSSR count). The summed E-state index contributed by atoms with van der Waals surface area (Å²) in [6.45, 7) is 10.7. The molecule has 0 saturated carbocycles. The number of anilines is 1. The molecule has 0 saturated heterocycles.